The Kier molecular flexibility index (Phi) is 5.59. The molecule has 86 valence electrons. The van der Waals surface area contributed by atoms with Crippen molar-refractivity contribution < 1.29 is 5.11 Å². The van der Waals surface area contributed by atoms with Crippen molar-refractivity contribution in [2.24, 2.45) is 0 Å². The molecule has 0 aliphatic carbocycles. The van der Waals surface area contributed by atoms with E-state index in [2.05, 4.69) is 22.0 Å². The van der Waals surface area contributed by atoms with Crippen LogP contribution in [-0.2, 0) is 0 Å². The Labute approximate surface area is 87.9 Å². The van der Waals surface area contributed by atoms with Gasteiger partial charge in [0.1, 0.15) is 5.79 Å². The van der Waals surface area contributed by atoms with E-state index in [1.54, 1.807) is 6.92 Å². The first-order valence-electron chi connectivity index (χ1n) is 5.14. The lowest BCUT2D eigenvalue weighted by molar-refractivity contribution is -0.0387. The molecule has 0 aromatic rings. The summed E-state index contributed by atoms with van der Waals surface area (Å²) < 4.78 is 0. The van der Waals surface area contributed by atoms with Crippen molar-refractivity contribution in [1.29, 1.82) is 0 Å². The van der Waals surface area contributed by atoms with Gasteiger partial charge in [-0.3, -0.25) is 15.1 Å². The summed E-state index contributed by atoms with van der Waals surface area (Å²) in [6.45, 7) is 4.53. The Bertz CT molecular complexity index is 149. The summed E-state index contributed by atoms with van der Waals surface area (Å²) in [5, 5.41) is 12.7. The highest BCUT2D eigenvalue weighted by atomic mass is 16.3. The standard InChI is InChI=1S/C10H25N3O/c1-7-10(12(3)4,13(5)6)11-8-9(2)14/h9,11,14H,7-8H2,1-6H3. The van der Waals surface area contributed by atoms with E-state index in [0.717, 1.165) is 6.42 Å². The monoisotopic (exact) mass is 203 g/mol. The minimum atomic E-state index is -0.319. The van der Waals surface area contributed by atoms with E-state index < -0.39 is 0 Å². The highest BCUT2D eigenvalue weighted by Crippen LogP contribution is 2.15. The second-order valence-corrected chi connectivity index (χ2v) is 4.19. The second kappa shape index (κ2) is 5.66. The zero-order valence-corrected chi connectivity index (χ0v) is 10.3. The highest BCUT2D eigenvalue weighted by Gasteiger charge is 2.32. The molecule has 0 radical (unpaired) electrons. The first-order chi connectivity index (χ1) is 6.36. The normalized spacial score (nSPS) is 15.2. The lowest BCUT2D eigenvalue weighted by atomic mass is 10.2. The number of aliphatic hydroxyl groups excluding tert-OH is 1. The van der Waals surface area contributed by atoms with Crippen LogP contribution in [0.15, 0.2) is 0 Å². The predicted octanol–water partition coefficient (Wildman–Crippen LogP) is 0.144. The molecule has 0 rings (SSSR count). The summed E-state index contributed by atoms with van der Waals surface area (Å²) in [5.41, 5.74) is 0. The lowest BCUT2D eigenvalue weighted by Crippen LogP contribution is -2.65. The van der Waals surface area contributed by atoms with Crippen LogP contribution in [0, 0.1) is 0 Å². The van der Waals surface area contributed by atoms with Gasteiger partial charge in [0.25, 0.3) is 0 Å². The van der Waals surface area contributed by atoms with Gasteiger partial charge in [0.2, 0.25) is 0 Å². The van der Waals surface area contributed by atoms with Crippen molar-refractivity contribution in [1.82, 2.24) is 15.1 Å². The summed E-state index contributed by atoms with van der Waals surface area (Å²) in [4.78, 5) is 4.27. The topological polar surface area (TPSA) is 38.7 Å². The van der Waals surface area contributed by atoms with Crippen molar-refractivity contribution in [3.63, 3.8) is 0 Å². The highest BCUT2D eigenvalue weighted by molar-refractivity contribution is 4.81. The van der Waals surface area contributed by atoms with Gasteiger partial charge in [0, 0.05) is 6.54 Å². The molecule has 4 heteroatoms. The molecule has 0 aromatic heterocycles. The molecule has 0 spiro atoms. The fourth-order valence-electron chi connectivity index (χ4n) is 1.78. The third kappa shape index (κ3) is 3.20. The van der Waals surface area contributed by atoms with E-state index >= 15 is 0 Å². The Hall–Kier alpha value is -0.160. The molecular formula is C10H25N3O. The van der Waals surface area contributed by atoms with Crippen LogP contribution in [0.1, 0.15) is 20.3 Å². The largest absolute Gasteiger partial charge is 0.392 e. The zero-order chi connectivity index (χ0) is 11.4. The van der Waals surface area contributed by atoms with Crippen molar-refractivity contribution >= 4 is 0 Å². The summed E-state index contributed by atoms with van der Waals surface area (Å²) in [6.07, 6.45) is 0.639. The third-order valence-electron chi connectivity index (χ3n) is 2.65. The average molecular weight is 203 g/mol. The number of aliphatic hydroxyl groups is 1. The number of rotatable bonds is 6. The third-order valence-corrected chi connectivity index (χ3v) is 2.65. The van der Waals surface area contributed by atoms with Crippen molar-refractivity contribution in [3.05, 3.63) is 0 Å². The molecule has 0 saturated carbocycles. The molecular weight excluding hydrogens is 178 g/mol. The van der Waals surface area contributed by atoms with Crippen molar-refractivity contribution in [2.45, 2.75) is 32.2 Å². The molecule has 14 heavy (non-hydrogen) atoms. The smallest absolute Gasteiger partial charge is 0.127 e. The SMILES string of the molecule is CCC(NCC(C)O)(N(C)C)N(C)C. The predicted molar refractivity (Wildman–Crippen MR) is 60.1 cm³/mol. The van der Waals surface area contributed by atoms with E-state index in [1.807, 2.05) is 28.2 Å². The summed E-state index contributed by atoms with van der Waals surface area (Å²) in [7, 11) is 8.16. The number of hydrogen-bond acceptors (Lipinski definition) is 4. The summed E-state index contributed by atoms with van der Waals surface area (Å²) in [6, 6.07) is 0. The van der Waals surface area contributed by atoms with E-state index in [4.69, 9.17) is 0 Å². The van der Waals surface area contributed by atoms with Crippen LogP contribution in [0.4, 0.5) is 0 Å². The molecule has 0 bridgehead atoms. The van der Waals surface area contributed by atoms with Crippen LogP contribution in [0.5, 0.6) is 0 Å². The van der Waals surface area contributed by atoms with Crippen LogP contribution >= 0.6 is 0 Å². The Balaban J connectivity index is 4.51. The molecule has 0 aliphatic rings. The maximum atomic E-state index is 9.28. The van der Waals surface area contributed by atoms with Crippen molar-refractivity contribution in [2.75, 3.05) is 34.7 Å². The first-order valence-corrected chi connectivity index (χ1v) is 5.14. The minimum Gasteiger partial charge on any atom is -0.392 e. The van der Waals surface area contributed by atoms with Crippen LogP contribution in [0.3, 0.4) is 0 Å². The molecule has 0 saturated heterocycles. The van der Waals surface area contributed by atoms with E-state index in [-0.39, 0.29) is 11.9 Å². The van der Waals surface area contributed by atoms with Gasteiger partial charge in [-0.1, -0.05) is 6.92 Å². The molecule has 1 atom stereocenters. The summed E-state index contributed by atoms with van der Waals surface area (Å²) in [5.74, 6) is -0.170. The number of nitrogens with one attached hydrogen (secondary N) is 1. The molecule has 1 unspecified atom stereocenters. The fourth-order valence-corrected chi connectivity index (χ4v) is 1.78. The minimum absolute atomic E-state index is 0.170. The molecule has 4 nitrogen and oxygen atoms in total. The Morgan fingerprint density at radius 1 is 1.21 bits per heavy atom. The Morgan fingerprint density at radius 3 is 1.86 bits per heavy atom. The summed E-state index contributed by atoms with van der Waals surface area (Å²) >= 11 is 0. The van der Waals surface area contributed by atoms with E-state index in [0.29, 0.717) is 6.54 Å². The van der Waals surface area contributed by atoms with E-state index in [1.165, 1.54) is 0 Å². The van der Waals surface area contributed by atoms with Gasteiger partial charge in [0.15, 0.2) is 0 Å². The average Bonchev–Trinajstić information content (AvgIpc) is 2.04. The second-order valence-electron chi connectivity index (χ2n) is 4.19. The van der Waals surface area contributed by atoms with Crippen LogP contribution in [0.25, 0.3) is 0 Å². The molecule has 0 aromatic carbocycles. The van der Waals surface area contributed by atoms with Gasteiger partial charge in [0.05, 0.1) is 6.10 Å². The van der Waals surface area contributed by atoms with Gasteiger partial charge in [-0.15, -0.1) is 0 Å². The van der Waals surface area contributed by atoms with E-state index in [9.17, 15) is 5.11 Å². The van der Waals surface area contributed by atoms with Gasteiger partial charge < -0.3 is 5.11 Å². The Morgan fingerprint density at radius 2 is 1.64 bits per heavy atom. The van der Waals surface area contributed by atoms with Crippen LogP contribution in [0.2, 0.25) is 0 Å². The maximum absolute atomic E-state index is 9.28. The quantitative estimate of drug-likeness (QED) is 0.603. The van der Waals surface area contributed by atoms with Crippen LogP contribution < -0.4 is 5.32 Å². The zero-order valence-electron chi connectivity index (χ0n) is 10.3. The van der Waals surface area contributed by atoms with Crippen molar-refractivity contribution in [3.8, 4) is 0 Å². The lowest BCUT2D eigenvalue weighted by Gasteiger charge is -2.45. The number of hydrogen-bond donors (Lipinski definition) is 2. The molecule has 0 fully saturated rings. The van der Waals surface area contributed by atoms with Gasteiger partial charge in [-0.25, -0.2) is 0 Å². The van der Waals surface area contributed by atoms with Gasteiger partial charge in [-0.2, -0.15) is 0 Å². The molecule has 0 heterocycles. The molecule has 0 aliphatic heterocycles. The van der Waals surface area contributed by atoms with Gasteiger partial charge in [-0.05, 0) is 41.5 Å². The fraction of sp³-hybridized carbons (Fsp3) is 1.00. The number of nitrogens with zero attached hydrogens (tertiary/aromatic N) is 2. The first kappa shape index (κ1) is 13.8. The van der Waals surface area contributed by atoms with Gasteiger partial charge >= 0.3 is 0 Å². The van der Waals surface area contributed by atoms with Crippen LogP contribution in [-0.4, -0.2) is 61.5 Å². The molecule has 0 amide bonds. The molecule has 2 N–H and O–H groups in total. The maximum Gasteiger partial charge on any atom is 0.127 e.